The standard InChI is InChI=1S/C15H29N3O2/c1-6-15(4)14(20)18(11-13(19)16-15)10-8-7-9-17(5)12(2)3/h12H,6-11H2,1-5H3,(H,16,19). The summed E-state index contributed by atoms with van der Waals surface area (Å²) < 4.78 is 0. The second-order valence-electron chi connectivity index (χ2n) is 6.24. The van der Waals surface area contributed by atoms with Crippen molar-refractivity contribution in [2.24, 2.45) is 0 Å². The third-order valence-corrected chi connectivity index (χ3v) is 4.29. The predicted molar refractivity (Wildman–Crippen MR) is 80.4 cm³/mol. The van der Waals surface area contributed by atoms with Crippen molar-refractivity contribution in [3.63, 3.8) is 0 Å². The number of nitrogens with zero attached hydrogens (tertiary/aromatic N) is 2. The van der Waals surface area contributed by atoms with Gasteiger partial charge in [-0.25, -0.2) is 0 Å². The number of hydrogen-bond acceptors (Lipinski definition) is 3. The van der Waals surface area contributed by atoms with Crippen LogP contribution in [0.25, 0.3) is 0 Å². The van der Waals surface area contributed by atoms with Crippen LogP contribution in [0.3, 0.4) is 0 Å². The summed E-state index contributed by atoms with van der Waals surface area (Å²) in [5.74, 6) is 0.00469. The molecule has 0 radical (unpaired) electrons. The average molecular weight is 283 g/mol. The number of carbonyl (C=O) groups excluding carboxylic acids is 2. The largest absolute Gasteiger partial charge is 0.340 e. The van der Waals surface area contributed by atoms with Crippen LogP contribution in [0.4, 0.5) is 0 Å². The van der Waals surface area contributed by atoms with Crippen molar-refractivity contribution in [2.45, 2.75) is 58.5 Å². The molecule has 0 bridgehead atoms. The quantitative estimate of drug-likeness (QED) is 0.715. The first-order valence-electron chi connectivity index (χ1n) is 7.60. The molecule has 1 rings (SSSR count). The molecule has 0 aliphatic carbocycles. The molecule has 1 saturated heterocycles. The molecule has 1 unspecified atom stereocenters. The van der Waals surface area contributed by atoms with Gasteiger partial charge in [0.05, 0.1) is 6.54 Å². The van der Waals surface area contributed by atoms with Crippen LogP contribution in [0.1, 0.15) is 47.0 Å². The highest BCUT2D eigenvalue weighted by Crippen LogP contribution is 2.18. The zero-order chi connectivity index (χ0) is 15.3. The molecule has 1 aliphatic heterocycles. The molecule has 0 aromatic carbocycles. The van der Waals surface area contributed by atoms with Crippen molar-refractivity contribution < 1.29 is 9.59 Å². The monoisotopic (exact) mass is 283 g/mol. The first kappa shape index (κ1) is 17.0. The van der Waals surface area contributed by atoms with Crippen molar-refractivity contribution in [1.29, 1.82) is 0 Å². The molecule has 1 heterocycles. The van der Waals surface area contributed by atoms with E-state index in [4.69, 9.17) is 0 Å². The van der Waals surface area contributed by atoms with Crippen molar-refractivity contribution in [3.8, 4) is 0 Å². The number of piperazine rings is 1. The number of unbranched alkanes of at least 4 members (excludes halogenated alkanes) is 1. The Labute approximate surface area is 122 Å². The number of nitrogens with one attached hydrogen (secondary N) is 1. The van der Waals surface area contributed by atoms with Crippen LogP contribution in [0.2, 0.25) is 0 Å². The number of amides is 2. The van der Waals surface area contributed by atoms with Gasteiger partial charge in [-0.2, -0.15) is 0 Å². The van der Waals surface area contributed by atoms with Crippen LogP contribution in [0.15, 0.2) is 0 Å². The maximum atomic E-state index is 12.4. The van der Waals surface area contributed by atoms with E-state index in [0.29, 0.717) is 19.0 Å². The molecule has 5 heteroatoms. The van der Waals surface area contributed by atoms with Crippen LogP contribution in [0, 0.1) is 0 Å². The minimum absolute atomic E-state index is 0.0479. The Morgan fingerprint density at radius 3 is 2.55 bits per heavy atom. The van der Waals surface area contributed by atoms with E-state index in [1.54, 1.807) is 4.90 Å². The molecule has 0 aromatic rings. The second kappa shape index (κ2) is 7.07. The van der Waals surface area contributed by atoms with Crippen molar-refractivity contribution in [1.82, 2.24) is 15.1 Å². The maximum Gasteiger partial charge on any atom is 0.248 e. The van der Waals surface area contributed by atoms with Crippen LogP contribution in [-0.4, -0.2) is 59.9 Å². The summed E-state index contributed by atoms with van der Waals surface area (Å²) in [7, 11) is 2.11. The Bertz CT molecular complexity index is 357. The van der Waals surface area contributed by atoms with Crippen molar-refractivity contribution >= 4 is 11.8 Å². The van der Waals surface area contributed by atoms with Gasteiger partial charge in [0.25, 0.3) is 0 Å². The summed E-state index contributed by atoms with van der Waals surface area (Å²) in [5.41, 5.74) is -0.718. The molecule has 2 amide bonds. The Kier molecular flexibility index (Phi) is 5.99. The number of hydrogen-bond donors (Lipinski definition) is 1. The third kappa shape index (κ3) is 4.20. The van der Waals surface area contributed by atoms with Gasteiger partial charge in [-0.05, 0) is 53.6 Å². The second-order valence-corrected chi connectivity index (χ2v) is 6.24. The maximum absolute atomic E-state index is 12.4. The Balaban J connectivity index is 2.43. The highest BCUT2D eigenvalue weighted by Gasteiger charge is 2.41. The molecular formula is C15H29N3O2. The van der Waals surface area contributed by atoms with E-state index in [1.165, 1.54) is 0 Å². The normalized spacial score (nSPS) is 23.6. The van der Waals surface area contributed by atoms with Crippen LogP contribution >= 0.6 is 0 Å². The molecule has 0 spiro atoms. The van der Waals surface area contributed by atoms with E-state index < -0.39 is 5.54 Å². The first-order chi connectivity index (χ1) is 9.30. The summed E-state index contributed by atoms with van der Waals surface area (Å²) in [6.07, 6.45) is 2.61. The van der Waals surface area contributed by atoms with Crippen LogP contribution in [-0.2, 0) is 9.59 Å². The van der Waals surface area contributed by atoms with Gasteiger partial charge in [-0.3, -0.25) is 9.59 Å². The topological polar surface area (TPSA) is 52.7 Å². The van der Waals surface area contributed by atoms with Crippen LogP contribution in [0.5, 0.6) is 0 Å². The third-order valence-electron chi connectivity index (χ3n) is 4.29. The van der Waals surface area contributed by atoms with E-state index >= 15 is 0 Å². The molecule has 1 atom stereocenters. The van der Waals surface area contributed by atoms with Crippen LogP contribution < -0.4 is 5.32 Å². The predicted octanol–water partition coefficient (Wildman–Crippen LogP) is 1.23. The molecule has 5 nitrogen and oxygen atoms in total. The van der Waals surface area contributed by atoms with Gasteiger partial charge < -0.3 is 15.1 Å². The van der Waals surface area contributed by atoms with Gasteiger partial charge in [0.1, 0.15) is 5.54 Å². The smallest absolute Gasteiger partial charge is 0.248 e. The van der Waals surface area contributed by atoms with Crippen molar-refractivity contribution in [2.75, 3.05) is 26.7 Å². The van der Waals surface area contributed by atoms with E-state index in [9.17, 15) is 9.59 Å². The number of carbonyl (C=O) groups is 2. The summed E-state index contributed by atoms with van der Waals surface area (Å²) >= 11 is 0. The molecule has 0 saturated carbocycles. The van der Waals surface area contributed by atoms with Gasteiger partial charge in [0, 0.05) is 12.6 Å². The highest BCUT2D eigenvalue weighted by atomic mass is 16.2. The molecule has 0 aromatic heterocycles. The lowest BCUT2D eigenvalue weighted by Crippen LogP contribution is -2.65. The van der Waals surface area contributed by atoms with Crippen molar-refractivity contribution in [3.05, 3.63) is 0 Å². The Morgan fingerprint density at radius 2 is 2.00 bits per heavy atom. The van der Waals surface area contributed by atoms with Gasteiger partial charge in [0.15, 0.2) is 0 Å². The first-order valence-corrected chi connectivity index (χ1v) is 7.60. The molecule has 116 valence electrons. The van der Waals surface area contributed by atoms with E-state index in [0.717, 1.165) is 19.4 Å². The number of rotatable bonds is 7. The average Bonchev–Trinajstić information content (AvgIpc) is 2.39. The van der Waals surface area contributed by atoms with E-state index in [1.807, 2.05) is 13.8 Å². The fourth-order valence-electron chi connectivity index (χ4n) is 2.34. The van der Waals surface area contributed by atoms with Gasteiger partial charge in [-0.1, -0.05) is 6.92 Å². The minimum Gasteiger partial charge on any atom is -0.340 e. The fourth-order valence-corrected chi connectivity index (χ4v) is 2.34. The molecule has 20 heavy (non-hydrogen) atoms. The zero-order valence-corrected chi connectivity index (χ0v) is 13.5. The highest BCUT2D eigenvalue weighted by molar-refractivity contribution is 5.97. The minimum atomic E-state index is -0.718. The zero-order valence-electron chi connectivity index (χ0n) is 13.5. The Morgan fingerprint density at radius 1 is 1.35 bits per heavy atom. The lowest BCUT2D eigenvalue weighted by molar-refractivity contribution is -0.149. The summed E-state index contributed by atoms with van der Waals surface area (Å²) in [6, 6.07) is 0.542. The summed E-state index contributed by atoms with van der Waals surface area (Å²) in [6.45, 7) is 9.99. The van der Waals surface area contributed by atoms with E-state index in [2.05, 4.69) is 31.1 Å². The molecule has 1 aliphatic rings. The van der Waals surface area contributed by atoms with E-state index in [-0.39, 0.29) is 18.4 Å². The van der Waals surface area contributed by atoms with Gasteiger partial charge in [0.2, 0.25) is 11.8 Å². The fraction of sp³-hybridized carbons (Fsp3) is 0.867. The molecule has 1 N–H and O–H groups in total. The lowest BCUT2D eigenvalue weighted by Gasteiger charge is -2.39. The molecular weight excluding hydrogens is 254 g/mol. The van der Waals surface area contributed by atoms with Gasteiger partial charge in [-0.15, -0.1) is 0 Å². The summed E-state index contributed by atoms with van der Waals surface area (Å²) in [5, 5.41) is 2.81. The lowest BCUT2D eigenvalue weighted by atomic mass is 9.94. The molecule has 1 fully saturated rings. The SMILES string of the molecule is CCC1(C)NC(=O)CN(CCCCN(C)C(C)C)C1=O. The van der Waals surface area contributed by atoms with Gasteiger partial charge >= 0.3 is 0 Å². The Hall–Kier alpha value is -1.10. The summed E-state index contributed by atoms with van der Waals surface area (Å²) in [4.78, 5) is 28.1.